The molecule has 0 rings (SSSR count). The van der Waals surface area contributed by atoms with Crippen LogP contribution in [-0.2, 0) is 4.43 Å². The van der Waals surface area contributed by atoms with Gasteiger partial charge in [0.25, 0.3) is 0 Å². The molecule has 0 aliphatic heterocycles. The monoisotopic (exact) mass is 471 g/mol. The van der Waals surface area contributed by atoms with Crippen LogP contribution >= 0.6 is 0 Å². The fraction of sp³-hybridized carbons (Fsp3) is 1.00. The van der Waals surface area contributed by atoms with E-state index in [9.17, 15) is 0 Å². The minimum Gasteiger partial charge on any atom is -0.418 e. The van der Waals surface area contributed by atoms with Gasteiger partial charge in [-0.1, -0.05) is 20.8 Å². The third-order valence-electron chi connectivity index (χ3n) is 6.89. The van der Waals surface area contributed by atoms with Crippen molar-refractivity contribution in [2.45, 2.75) is 105 Å². The van der Waals surface area contributed by atoms with Crippen molar-refractivity contribution in [1.82, 2.24) is 14.7 Å². The van der Waals surface area contributed by atoms with E-state index in [-0.39, 0.29) is 0 Å². The topological polar surface area (TPSA) is 19.0 Å². The zero-order valence-corrected chi connectivity index (χ0v) is 24.8. The molecule has 194 valence electrons. The number of hydrogen-bond donors (Lipinski definition) is 0. The highest BCUT2D eigenvalue weighted by Gasteiger charge is 2.37. The van der Waals surface area contributed by atoms with Crippen LogP contribution in [0.3, 0.4) is 0 Å². The van der Waals surface area contributed by atoms with Gasteiger partial charge in [0, 0.05) is 6.61 Å². The molecule has 0 saturated heterocycles. The van der Waals surface area contributed by atoms with Crippen LogP contribution < -0.4 is 0 Å². The molecule has 32 heavy (non-hydrogen) atoms. The molecule has 0 atom stereocenters. The first-order valence-electron chi connectivity index (χ1n) is 13.8. The summed E-state index contributed by atoms with van der Waals surface area (Å²) < 4.78 is 6.39. The SMILES string of the molecule is CCCN(C)CCCC(CCCN(C)CCC)(CCCN(C)CCC)C[Si](C)(C)OCC. The molecule has 0 aliphatic rings. The molecule has 0 aromatic carbocycles. The molecule has 0 bridgehead atoms. The highest BCUT2D eigenvalue weighted by molar-refractivity contribution is 6.71. The van der Waals surface area contributed by atoms with Crippen molar-refractivity contribution in [3.8, 4) is 0 Å². The van der Waals surface area contributed by atoms with Crippen LogP contribution in [-0.4, -0.2) is 90.0 Å². The number of rotatable bonds is 22. The largest absolute Gasteiger partial charge is 0.418 e. The summed E-state index contributed by atoms with van der Waals surface area (Å²) in [4.78, 5) is 7.58. The van der Waals surface area contributed by atoms with Crippen LogP contribution in [0.2, 0.25) is 19.1 Å². The van der Waals surface area contributed by atoms with Gasteiger partial charge in [-0.15, -0.1) is 0 Å². The van der Waals surface area contributed by atoms with E-state index in [0.717, 1.165) is 6.61 Å². The Balaban J connectivity index is 5.36. The zero-order valence-electron chi connectivity index (χ0n) is 23.8. The second-order valence-electron chi connectivity index (χ2n) is 11.1. The molecule has 0 amide bonds. The first kappa shape index (κ1) is 32.1. The van der Waals surface area contributed by atoms with Crippen LogP contribution in [0.25, 0.3) is 0 Å². The van der Waals surface area contributed by atoms with E-state index in [1.54, 1.807) is 0 Å². The highest BCUT2D eigenvalue weighted by Crippen LogP contribution is 2.43. The summed E-state index contributed by atoms with van der Waals surface area (Å²) in [6, 6.07) is 1.32. The first-order chi connectivity index (χ1) is 15.1. The molecular formula is C27H61N3OSi. The number of hydrogen-bond acceptors (Lipinski definition) is 4. The van der Waals surface area contributed by atoms with E-state index in [1.165, 1.54) is 103 Å². The molecule has 5 heteroatoms. The van der Waals surface area contributed by atoms with Crippen molar-refractivity contribution >= 4 is 8.32 Å². The van der Waals surface area contributed by atoms with Gasteiger partial charge in [0.05, 0.1) is 0 Å². The molecule has 0 saturated carbocycles. The van der Waals surface area contributed by atoms with Gasteiger partial charge in [-0.2, -0.15) is 0 Å². The maximum absolute atomic E-state index is 6.39. The van der Waals surface area contributed by atoms with Gasteiger partial charge in [0.2, 0.25) is 0 Å². The molecule has 0 heterocycles. The van der Waals surface area contributed by atoms with E-state index in [2.05, 4.69) is 76.6 Å². The van der Waals surface area contributed by atoms with Crippen LogP contribution in [0.4, 0.5) is 0 Å². The lowest BCUT2D eigenvalue weighted by Crippen LogP contribution is -2.39. The molecule has 0 radical (unpaired) electrons. The third kappa shape index (κ3) is 15.8. The Labute approximate surface area is 204 Å². The molecule has 0 aromatic rings. The van der Waals surface area contributed by atoms with Gasteiger partial charge in [-0.05, 0) is 150 Å². The van der Waals surface area contributed by atoms with Crippen molar-refractivity contribution in [3.05, 3.63) is 0 Å². The average Bonchev–Trinajstić information content (AvgIpc) is 2.68. The lowest BCUT2D eigenvalue weighted by atomic mass is 9.76. The van der Waals surface area contributed by atoms with Crippen molar-refractivity contribution in [1.29, 1.82) is 0 Å². The van der Waals surface area contributed by atoms with Gasteiger partial charge >= 0.3 is 0 Å². The Morgan fingerprint density at radius 1 is 0.594 bits per heavy atom. The molecule has 4 nitrogen and oxygen atoms in total. The van der Waals surface area contributed by atoms with Crippen LogP contribution in [0.1, 0.15) is 85.5 Å². The minimum atomic E-state index is -1.66. The molecule has 0 aliphatic carbocycles. The Morgan fingerprint density at radius 2 is 0.938 bits per heavy atom. The Morgan fingerprint density at radius 3 is 1.22 bits per heavy atom. The maximum atomic E-state index is 6.39. The fourth-order valence-corrected chi connectivity index (χ4v) is 8.86. The van der Waals surface area contributed by atoms with Crippen molar-refractivity contribution in [2.24, 2.45) is 5.41 Å². The van der Waals surface area contributed by atoms with Crippen molar-refractivity contribution < 1.29 is 4.43 Å². The van der Waals surface area contributed by atoms with Gasteiger partial charge in [0.15, 0.2) is 8.32 Å². The fourth-order valence-electron chi connectivity index (χ4n) is 5.64. The summed E-state index contributed by atoms with van der Waals surface area (Å²) in [5.74, 6) is 0. The molecule has 0 N–H and O–H groups in total. The van der Waals surface area contributed by atoms with Crippen molar-refractivity contribution in [2.75, 3.05) is 67.0 Å². The Hall–Kier alpha value is 0.0569. The Kier molecular flexibility index (Phi) is 18.4. The van der Waals surface area contributed by atoms with E-state index >= 15 is 0 Å². The van der Waals surface area contributed by atoms with Gasteiger partial charge in [-0.25, -0.2) is 0 Å². The standard InChI is InChI=1S/C27H61N3OSi/c1-10-20-28(5)23-14-17-27(26-32(8,9)31-13-4,18-15-24-29(6)21-11-2)19-16-25-30(7)22-12-3/h10-26H2,1-9H3. The lowest BCUT2D eigenvalue weighted by Gasteiger charge is -2.41. The first-order valence-corrected chi connectivity index (χ1v) is 16.9. The summed E-state index contributed by atoms with van der Waals surface area (Å²) in [7, 11) is 5.23. The summed E-state index contributed by atoms with van der Waals surface area (Å²) in [5.41, 5.74) is 0.443. The van der Waals surface area contributed by atoms with Crippen molar-refractivity contribution in [3.63, 3.8) is 0 Å². The predicted octanol–water partition coefficient (Wildman–Crippen LogP) is 6.58. The molecule has 0 fully saturated rings. The predicted molar refractivity (Wildman–Crippen MR) is 147 cm³/mol. The maximum Gasteiger partial charge on any atom is 0.187 e. The second kappa shape index (κ2) is 18.4. The third-order valence-corrected chi connectivity index (χ3v) is 9.56. The normalized spacial score (nSPS) is 13.1. The van der Waals surface area contributed by atoms with Gasteiger partial charge < -0.3 is 19.1 Å². The van der Waals surface area contributed by atoms with E-state index < -0.39 is 8.32 Å². The Bertz CT molecular complexity index is 388. The van der Waals surface area contributed by atoms with E-state index in [0.29, 0.717) is 5.41 Å². The van der Waals surface area contributed by atoms with Gasteiger partial charge in [0.1, 0.15) is 0 Å². The smallest absolute Gasteiger partial charge is 0.187 e. The lowest BCUT2D eigenvalue weighted by molar-refractivity contribution is 0.179. The molecular weight excluding hydrogens is 410 g/mol. The molecule has 0 spiro atoms. The zero-order chi connectivity index (χ0) is 24.5. The summed E-state index contributed by atoms with van der Waals surface area (Å²) in [5, 5.41) is 0. The summed E-state index contributed by atoms with van der Waals surface area (Å²) >= 11 is 0. The van der Waals surface area contributed by atoms with E-state index in [1.807, 2.05) is 0 Å². The highest BCUT2D eigenvalue weighted by atomic mass is 28.4. The summed E-state index contributed by atoms with van der Waals surface area (Å²) in [6.45, 7) is 22.2. The second-order valence-corrected chi connectivity index (χ2v) is 15.3. The van der Waals surface area contributed by atoms with Crippen LogP contribution in [0.15, 0.2) is 0 Å². The molecule has 0 unspecified atom stereocenters. The van der Waals surface area contributed by atoms with Crippen LogP contribution in [0.5, 0.6) is 0 Å². The quantitative estimate of drug-likeness (QED) is 0.166. The molecule has 0 aromatic heterocycles. The average molecular weight is 472 g/mol. The number of nitrogens with zero attached hydrogens (tertiary/aromatic N) is 3. The van der Waals surface area contributed by atoms with Gasteiger partial charge in [-0.3, -0.25) is 0 Å². The summed E-state index contributed by atoms with van der Waals surface area (Å²) in [6.07, 6.45) is 11.8. The van der Waals surface area contributed by atoms with Crippen LogP contribution in [0, 0.1) is 5.41 Å². The minimum absolute atomic E-state index is 0.443. The van der Waals surface area contributed by atoms with E-state index in [4.69, 9.17) is 4.43 Å².